The molecule has 0 spiro atoms. The molecule has 0 aliphatic carbocycles. The van der Waals surface area contributed by atoms with Crippen LogP contribution in [0.25, 0.3) is 0 Å². The maximum Gasteiger partial charge on any atom is 0.192 e. The van der Waals surface area contributed by atoms with Gasteiger partial charge in [-0.3, -0.25) is 4.98 Å². The smallest absolute Gasteiger partial charge is 0.192 e. The lowest BCUT2D eigenvalue weighted by Crippen LogP contribution is -2.51. The monoisotopic (exact) mass is 384 g/mol. The number of rotatable bonds is 7. The molecule has 1 heterocycles. The molecule has 0 saturated carbocycles. The molecule has 0 aromatic carbocycles. The zero-order valence-electron chi connectivity index (χ0n) is 17.3. The van der Waals surface area contributed by atoms with Crippen molar-refractivity contribution in [1.29, 1.82) is 0 Å². The Morgan fingerprint density at radius 1 is 1.20 bits per heavy atom. The summed E-state index contributed by atoms with van der Waals surface area (Å²) in [7, 11) is -1.87. The quantitative estimate of drug-likeness (QED) is 0.550. The fraction of sp³-hybridized carbons (Fsp3) is 0.737. The van der Waals surface area contributed by atoms with E-state index in [1.54, 1.807) is 6.20 Å². The van der Waals surface area contributed by atoms with Gasteiger partial charge in [0.05, 0.1) is 12.6 Å². The Labute approximate surface area is 158 Å². The molecule has 0 bridgehead atoms. The van der Waals surface area contributed by atoms with Gasteiger partial charge < -0.3 is 8.98 Å². The largest absolute Gasteiger partial charge is 0.598 e. The third kappa shape index (κ3) is 6.68. The van der Waals surface area contributed by atoms with Gasteiger partial charge in [0.25, 0.3) is 0 Å². The van der Waals surface area contributed by atoms with Crippen LogP contribution in [0.2, 0.25) is 18.1 Å². The number of nitrogens with one attached hydrogen (secondary N) is 1. The van der Waals surface area contributed by atoms with Gasteiger partial charge in [-0.2, -0.15) is 0 Å². The van der Waals surface area contributed by atoms with E-state index in [0.717, 1.165) is 5.69 Å². The third-order valence-corrected chi connectivity index (χ3v) is 11.1. The van der Waals surface area contributed by atoms with Crippen LogP contribution in [0.5, 0.6) is 0 Å². The van der Waals surface area contributed by atoms with Crippen molar-refractivity contribution in [1.82, 2.24) is 9.71 Å². The summed E-state index contributed by atoms with van der Waals surface area (Å²) in [5.41, 5.74) is 0.991. The first kappa shape index (κ1) is 22.6. The molecule has 4 nitrogen and oxygen atoms in total. The summed E-state index contributed by atoms with van der Waals surface area (Å²) in [4.78, 5) is 4.48. The minimum absolute atomic E-state index is 0.0518. The lowest BCUT2D eigenvalue weighted by molar-refractivity contribution is 0.240. The zero-order chi connectivity index (χ0) is 19.5. The summed E-state index contributed by atoms with van der Waals surface area (Å²) in [6, 6.07) is 5.87. The first-order chi connectivity index (χ1) is 11.3. The van der Waals surface area contributed by atoms with E-state index in [1.165, 1.54) is 0 Å². The zero-order valence-corrected chi connectivity index (χ0v) is 19.2. The molecule has 144 valence electrons. The van der Waals surface area contributed by atoms with E-state index >= 15 is 0 Å². The van der Waals surface area contributed by atoms with E-state index < -0.39 is 19.7 Å². The molecule has 0 amide bonds. The highest BCUT2D eigenvalue weighted by atomic mass is 32.2. The van der Waals surface area contributed by atoms with Crippen LogP contribution in [0.1, 0.15) is 60.1 Å². The molecular formula is C19H36N2O2SSi. The molecule has 0 fully saturated rings. The highest BCUT2D eigenvalue weighted by molar-refractivity contribution is 7.90. The number of aromatic nitrogens is 1. The SMILES string of the molecule is CC(c1ccccn1)C(CO[Si](C)(C)C(C)(C)C)N[S+]([O-])C(C)(C)C. The van der Waals surface area contributed by atoms with Crippen molar-refractivity contribution < 1.29 is 8.98 Å². The second-order valence-corrected chi connectivity index (χ2v) is 16.0. The minimum Gasteiger partial charge on any atom is -0.598 e. The molecule has 3 unspecified atom stereocenters. The van der Waals surface area contributed by atoms with Crippen molar-refractivity contribution >= 4 is 19.7 Å². The Balaban J connectivity index is 2.95. The number of hydrogen-bond acceptors (Lipinski definition) is 4. The second kappa shape index (κ2) is 8.52. The van der Waals surface area contributed by atoms with E-state index in [4.69, 9.17) is 4.43 Å². The molecular weight excluding hydrogens is 348 g/mol. The van der Waals surface area contributed by atoms with Crippen LogP contribution in [-0.4, -0.2) is 35.2 Å². The maximum absolute atomic E-state index is 12.7. The Morgan fingerprint density at radius 3 is 2.24 bits per heavy atom. The highest BCUT2D eigenvalue weighted by Crippen LogP contribution is 2.37. The topological polar surface area (TPSA) is 57.2 Å². The first-order valence-corrected chi connectivity index (χ1v) is 13.0. The summed E-state index contributed by atoms with van der Waals surface area (Å²) in [5.74, 6) is 0.109. The van der Waals surface area contributed by atoms with Gasteiger partial charge in [-0.05, 0) is 51.0 Å². The van der Waals surface area contributed by atoms with E-state index in [1.807, 2.05) is 39.0 Å². The van der Waals surface area contributed by atoms with Crippen LogP contribution in [0.4, 0.5) is 0 Å². The van der Waals surface area contributed by atoms with Gasteiger partial charge in [0.2, 0.25) is 0 Å². The van der Waals surface area contributed by atoms with Crippen molar-refractivity contribution in [3.05, 3.63) is 30.1 Å². The third-order valence-electron chi connectivity index (χ3n) is 5.00. The average molecular weight is 385 g/mol. The molecule has 0 saturated heterocycles. The molecule has 1 aromatic heterocycles. The number of hydrogen-bond donors (Lipinski definition) is 1. The van der Waals surface area contributed by atoms with Gasteiger partial charge in [-0.25, -0.2) is 0 Å². The molecule has 0 aliphatic rings. The normalized spacial score (nSPS) is 17.2. The van der Waals surface area contributed by atoms with Gasteiger partial charge in [0.1, 0.15) is 4.75 Å². The van der Waals surface area contributed by atoms with Crippen LogP contribution in [0, 0.1) is 0 Å². The first-order valence-electron chi connectivity index (χ1n) is 8.98. The van der Waals surface area contributed by atoms with Crippen LogP contribution in [0.15, 0.2) is 24.4 Å². The van der Waals surface area contributed by atoms with Crippen molar-refractivity contribution in [2.45, 2.75) is 83.3 Å². The molecule has 6 heteroatoms. The Bertz CT molecular complexity index is 526. The van der Waals surface area contributed by atoms with Crippen molar-refractivity contribution in [3.63, 3.8) is 0 Å². The average Bonchev–Trinajstić information content (AvgIpc) is 2.49. The summed E-state index contributed by atoms with van der Waals surface area (Å²) in [6.45, 7) is 19.8. The number of nitrogens with zero attached hydrogens (tertiary/aromatic N) is 1. The summed E-state index contributed by atoms with van der Waals surface area (Å²) < 4.78 is 22.1. The van der Waals surface area contributed by atoms with Crippen molar-refractivity contribution in [2.24, 2.45) is 0 Å². The summed E-state index contributed by atoms with van der Waals surface area (Å²) in [6.07, 6.45) is 1.80. The van der Waals surface area contributed by atoms with Gasteiger partial charge >= 0.3 is 0 Å². The van der Waals surface area contributed by atoms with Crippen LogP contribution in [0.3, 0.4) is 0 Å². The summed E-state index contributed by atoms with van der Waals surface area (Å²) in [5, 5.41) is 0.148. The van der Waals surface area contributed by atoms with Crippen molar-refractivity contribution in [3.8, 4) is 0 Å². The maximum atomic E-state index is 12.7. The van der Waals surface area contributed by atoms with Gasteiger partial charge in [0.15, 0.2) is 8.32 Å². The van der Waals surface area contributed by atoms with E-state index in [0.29, 0.717) is 6.61 Å². The lowest BCUT2D eigenvalue weighted by atomic mass is 9.99. The van der Waals surface area contributed by atoms with E-state index in [-0.39, 0.29) is 21.7 Å². The predicted molar refractivity (Wildman–Crippen MR) is 111 cm³/mol. The van der Waals surface area contributed by atoms with Crippen LogP contribution >= 0.6 is 0 Å². The van der Waals surface area contributed by atoms with Crippen molar-refractivity contribution in [2.75, 3.05) is 6.61 Å². The highest BCUT2D eigenvalue weighted by Gasteiger charge is 2.39. The Kier molecular flexibility index (Phi) is 7.72. The van der Waals surface area contributed by atoms with E-state index in [2.05, 4.69) is 50.5 Å². The standard InChI is InChI=1S/C19H36N2O2SSi/c1-15(16-12-10-11-13-20-16)17(21-24(22)18(2,3)4)14-23-25(8,9)19(5,6)7/h10-13,15,17,21H,14H2,1-9H3. The molecule has 0 aliphatic heterocycles. The molecule has 1 aromatic rings. The molecule has 1 rings (SSSR count). The van der Waals surface area contributed by atoms with E-state index in [9.17, 15) is 4.55 Å². The molecule has 0 radical (unpaired) electrons. The Hall–Kier alpha value is -0.403. The summed E-state index contributed by atoms with van der Waals surface area (Å²) >= 11 is -1.15. The fourth-order valence-corrected chi connectivity index (χ4v) is 3.89. The molecule has 1 N–H and O–H groups in total. The second-order valence-electron chi connectivity index (χ2n) is 9.22. The minimum atomic E-state index is -1.87. The molecule has 25 heavy (non-hydrogen) atoms. The van der Waals surface area contributed by atoms with Gasteiger partial charge in [0, 0.05) is 29.2 Å². The Morgan fingerprint density at radius 2 is 1.80 bits per heavy atom. The van der Waals surface area contributed by atoms with Crippen LogP contribution in [-0.2, 0) is 15.8 Å². The molecule has 3 atom stereocenters. The number of pyridine rings is 1. The van der Waals surface area contributed by atoms with Gasteiger partial charge in [-0.15, -0.1) is 4.72 Å². The predicted octanol–water partition coefficient (Wildman–Crippen LogP) is 4.63. The fourth-order valence-electron chi connectivity index (χ4n) is 1.96. The van der Waals surface area contributed by atoms with Gasteiger partial charge in [-0.1, -0.05) is 33.8 Å². The van der Waals surface area contributed by atoms with Crippen LogP contribution < -0.4 is 4.72 Å². The lowest BCUT2D eigenvalue weighted by Gasteiger charge is -2.38.